The zero-order valence-corrected chi connectivity index (χ0v) is 11.9. The molecule has 0 aliphatic rings. The summed E-state index contributed by atoms with van der Waals surface area (Å²) in [7, 11) is 0. The van der Waals surface area contributed by atoms with E-state index in [9.17, 15) is 4.39 Å². The minimum atomic E-state index is -0.403. The van der Waals surface area contributed by atoms with Crippen molar-refractivity contribution < 1.29 is 9.13 Å². The summed E-state index contributed by atoms with van der Waals surface area (Å²) in [4.78, 5) is 0.323. The second-order valence-electron chi connectivity index (χ2n) is 4.55. The van der Waals surface area contributed by atoms with Crippen molar-refractivity contribution in [2.75, 3.05) is 0 Å². The van der Waals surface area contributed by atoms with E-state index in [1.807, 2.05) is 24.3 Å². The first-order chi connectivity index (χ1) is 10.2. The summed E-state index contributed by atoms with van der Waals surface area (Å²) in [5.41, 5.74) is 6.52. The normalized spacial score (nSPS) is 10.5. The van der Waals surface area contributed by atoms with E-state index in [2.05, 4.69) is 0 Å². The van der Waals surface area contributed by atoms with E-state index < -0.39 is 5.82 Å². The van der Waals surface area contributed by atoms with Gasteiger partial charge in [-0.3, -0.25) is 0 Å². The molecule has 3 rings (SSSR count). The molecule has 0 fully saturated rings. The van der Waals surface area contributed by atoms with E-state index >= 15 is 0 Å². The van der Waals surface area contributed by atoms with Crippen LogP contribution in [0.4, 0.5) is 4.39 Å². The van der Waals surface area contributed by atoms with E-state index in [1.165, 1.54) is 6.07 Å². The first-order valence-corrected chi connectivity index (χ1v) is 6.81. The Labute approximate surface area is 127 Å². The summed E-state index contributed by atoms with van der Waals surface area (Å²) in [6.45, 7) is 0. The van der Waals surface area contributed by atoms with Gasteiger partial charge in [0.15, 0.2) is 11.6 Å². The Morgan fingerprint density at radius 3 is 2.24 bits per heavy atom. The van der Waals surface area contributed by atoms with Crippen LogP contribution in [0, 0.1) is 5.82 Å². The summed E-state index contributed by atoms with van der Waals surface area (Å²) in [6, 6.07) is 17.4. The summed E-state index contributed by atoms with van der Waals surface area (Å²) in [5, 5.41) is 1.73. The van der Waals surface area contributed by atoms with Crippen LogP contribution in [-0.4, -0.2) is 4.99 Å². The fourth-order valence-corrected chi connectivity index (χ4v) is 2.40. The lowest BCUT2D eigenvalue weighted by Crippen LogP contribution is -2.09. The smallest absolute Gasteiger partial charge is 0.165 e. The van der Waals surface area contributed by atoms with E-state index in [1.54, 1.807) is 30.3 Å². The van der Waals surface area contributed by atoms with Crippen LogP contribution in [0.3, 0.4) is 0 Å². The predicted octanol–water partition coefficient (Wildman–Crippen LogP) is 4.41. The van der Waals surface area contributed by atoms with Gasteiger partial charge in [-0.25, -0.2) is 4.39 Å². The molecule has 0 unspecified atom stereocenters. The molecule has 0 bridgehead atoms. The second kappa shape index (κ2) is 5.50. The molecule has 0 saturated heterocycles. The van der Waals surface area contributed by atoms with Crippen LogP contribution in [0.25, 0.3) is 10.8 Å². The van der Waals surface area contributed by atoms with E-state index in [0.717, 1.165) is 16.3 Å². The maximum Gasteiger partial charge on any atom is 0.165 e. The molecule has 0 radical (unpaired) electrons. The van der Waals surface area contributed by atoms with Crippen LogP contribution in [-0.2, 0) is 0 Å². The zero-order chi connectivity index (χ0) is 14.8. The summed E-state index contributed by atoms with van der Waals surface area (Å²) in [5.74, 6) is 0.349. The summed E-state index contributed by atoms with van der Waals surface area (Å²) < 4.78 is 19.4. The molecule has 0 spiro atoms. The third-order valence-corrected chi connectivity index (χ3v) is 3.43. The van der Waals surface area contributed by atoms with Crippen LogP contribution in [0.1, 0.15) is 5.56 Å². The highest BCUT2D eigenvalue weighted by molar-refractivity contribution is 7.80. The lowest BCUT2D eigenvalue weighted by molar-refractivity contribution is 0.446. The fraction of sp³-hybridized carbons (Fsp3) is 0. The average Bonchev–Trinajstić information content (AvgIpc) is 2.49. The molecule has 0 aromatic heterocycles. The van der Waals surface area contributed by atoms with Gasteiger partial charge in [-0.2, -0.15) is 0 Å². The van der Waals surface area contributed by atoms with Gasteiger partial charge < -0.3 is 10.5 Å². The van der Waals surface area contributed by atoms with Crippen molar-refractivity contribution in [1.82, 2.24) is 0 Å². The largest absolute Gasteiger partial charge is 0.454 e. The van der Waals surface area contributed by atoms with Gasteiger partial charge in [-0.1, -0.05) is 48.6 Å². The zero-order valence-electron chi connectivity index (χ0n) is 11.0. The lowest BCUT2D eigenvalue weighted by atomic mass is 10.0. The van der Waals surface area contributed by atoms with Crippen LogP contribution in [0.5, 0.6) is 11.5 Å². The van der Waals surface area contributed by atoms with E-state index in [0.29, 0.717) is 10.7 Å². The number of rotatable bonds is 3. The maximum atomic E-state index is 13.7. The quantitative estimate of drug-likeness (QED) is 0.727. The molecule has 3 aromatic rings. The molecule has 21 heavy (non-hydrogen) atoms. The molecule has 2 N–H and O–H groups in total. The number of halogens is 1. The molecule has 0 amide bonds. The predicted molar refractivity (Wildman–Crippen MR) is 86.3 cm³/mol. The Bertz CT molecular complexity index is 832. The molecule has 0 aliphatic heterocycles. The van der Waals surface area contributed by atoms with E-state index in [4.69, 9.17) is 22.7 Å². The van der Waals surface area contributed by atoms with Gasteiger partial charge >= 0.3 is 0 Å². The van der Waals surface area contributed by atoms with Crippen LogP contribution < -0.4 is 10.5 Å². The lowest BCUT2D eigenvalue weighted by Gasteiger charge is -2.12. The number of para-hydroxylation sites is 1. The summed E-state index contributed by atoms with van der Waals surface area (Å²) >= 11 is 5.06. The molecule has 104 valence electrons. The molecule has 0 heterocycles. The molecule has 0 atom stereocenters. The first-order valence-electron chi connectivity index (χ1n) is 6.41. The van der Waals surface area contributed by atoms with Crippen molar-refractivity contribution in [3.05, 3.63) is 72.0 Å². The van der Waals surface area contributed by atoms with Crippen molar-refractivity contribution in [3.8, 4) is 11.5 Å². The van der Waals surface area contributed by atoms with Gasteiger partial charge in [0.05, 0.1) is 0 Å². The van der Waals surface area contributed by atoms with Crippen LogP contribution >= 0.6 is 12.2 Å². The number of hydrogen-bond donors (Lipinski definition) is 1. The SMILES string of the molecule is NC(=S)c1ccc(Oc2ccccc2F)c2ccccc12. The topological polar surface area (TPSA) is 35.2 Å². The number of benzene rings is 3. The standard InChI is InChI=1S/C17H12FNOS/c18-14-7-3-4-8-16(14)20-15-10-9-13(17(19)21)11-5-1-2-6-12(11)15/h1-10H,(H2,19,21). The Hall–Kier alpha value is -2.46. The molecule has 0 aliphatic carbocycles. The molecular weight excluding hydrogens is 285 g/mol. The maximum absolute atomic E-state index is 13.7. The van der Waals surface area contributed by atoms with Crippen molar-refractivity contribution in [2.24, 2.45) is 5.73 Å². The van der Waals surface area contributed by atoms with Gasteiger partial charge in [0.2, 0.25) is 0 Å². The van der Waals surface area contributed by atoms with Crippen molar-refractivity contribution in [3.63, 3.8) is 0 Å². The molecule has 3 aromatic carbocycles. The minimum Gasteiger partial charge on any atom is -0.454 e. The number of fused-ring (bicyclic) bond motifs is 1. The minimum absolute atomic E-state index is 0.186. The van der Waals surface area contributed by atoms with Crippen LogP contribution in [0.15, 0.2) is 60.7 Å². The highest BCUT2D eigenvalue weighted by Crippen LogP contribution is 2.32. The van der Waals surface area contributed by atoms with Gasteiger partial charge in [0.1, 0.15) is 10.7 Å². The number of nitrogens with two attached hydrogens (primary N) is 1. The third kappa shape index (κ3) is 2.58. The molecular formula is C17H12FNOS. The number of hydrogen-bond acceptors (Lipinski definition) is 2. The number of thiocarbonyl (C=S) groups is 1. The Kier molecular flexibility index (Phi) is 3.54. The summed E-state index contributed by atoms with van der Waals surface area (Å²) in [6.07, 6.45) is 0. The monoisotopic (exact) mass is 297 g/mol. The molecule has 4 heteroatoms. The highest BCUT2D eigenvalue weighted by Gasteiger charge is 2.10. The van der Waals surface area contributed by atoms with Gasteiger partial charge in [-0.15, -0.1) is 0 Å². The Morgan fingerprint density at radius 2 is 1.52 bits per heavy atom. The number of ether oxygens (including phenoxy) is 1. The highest BCUT2D eigenvalue weighted by atomic mass is 32.1. The van der Waals surface area contributed by atoms with Crippen molar-refractivity contribution in [2.45, 2.75) is 0 Å². The van der Waals surface area contributed by atoms with Gasteiger partial charge in [0.25, 0.3) is 0 Å². The van der Waals surface area contributed by atoms with Crippen LogP contribution in [0.2, 0.25) is 0 Å². The van der Waals surface area contributed by atoms with Crippen molar-refractivity contribution in [1.29, 1.82) is 0 Å². The Balaban J connectivity index is 2.14. The van der Waals surface area contributed by atoms with Gasteiger partial charge in [0, 0.05) is 10.9 Å². The molecule has 2 nitrogen and oxygen atoms in total. The average molecular weight is 297 g/mol. The fourth-order valence-electron chi connectivity index (χ4n) is 2.22. The van der Waals surface area contributed by atoms with E-state index in [-0.39, 0.29) is 5.75 Å². The first kappa shape index (κ1) is 13.5. The van der Waals surface area contributed by atoms with Gasteiger partial charge in [-0.05, 0) is 29.7 Å². The second-order valence-corrected chi connectivity index (χ2v) is 4.99. The third-order valence-electron chi connectivity index (χ3n) is 3.21. The van der Waals surface area contributed by atoms with Crippen molar-refractivity contribution >= 4 is 28.0 Å². The molecule has 0 saturated carbocycles. The Morgan fingerprint density at radius 1 is 0.857 bits per heavy atom.